The molecule has 2 amide bonds. The van der Waals surface area contributed by atoms with Crippen LogP contribution in [0.1, 0.15) is 28.4 Å². The standard InChI is InChI=1S/C25H23N3O5/c1-3-32-22-15-9-7-13-20(22)27-23(29)24(30)28-26-16-18-11-5-8-14-21(18)33-25(31)19-12-6-4-10-17(19)2/h4-16H,3H2,1-2H3,(H,27,29)(H,28,30)/b26-16+. The van der Waals surface area contributed by atoms with Gasteiger partial charge in [0.05, 0.1) is 24.1 Å². The number of benzene rings is 3. The van der Waals surface area contributed by atoms with Gasteiger partial charge in [0.15, 0.2) is 0 Å². The van der Waals surface area contributed by atoms with Gasteiger partial charge in [-0.1, -0.05) is 42.5 Å². The molecule has 3 rings (SSSR count). The Bertz CT molecular complexity index is 1190. The van der Waals surface area contributed by atoms with E-state index in [9.17, 15) is 14.4 Å². The molecular formula is C25H23N3O5. The summed E-state index contributed by atoms with van der Waals surface area (Å²) in [5, 5.41) is 6.30. The van der Waals surface area contributed by atoms with Gasteiger partial charge in [0, 0.05) is 5.56 Å². The van der Waals surface area contributed by atoms with Crippen LogP contribution in [0, 0.1) is 6.92 Å². The summed E-state index contributed by atoms with van der Waals surface area (Å²) in [5.74, 6) is -1.66. The highest BCUT2D eigenvalue weighted by molar-refractivity contribution is 6.39. The van der Waals surface area contributed by atoms with Crippen LogP contribution in [0.15, 0.2) is 77.9 Å². The van der Waals surface area contributed by atoms with Crippen molar-refractivity contribution < 1.29 is 23.9 Å². The maximum absolute atomic E-state index is 12.5. The van der Waals surface area contributed by atoms with Gasteiger partial charge >= 0.3 is 17.8 Å². The molecule has 8 heteroatoms. The largest absolute Gasteiger partial charge is 0.492 e. The third-order valence-corrected chi connectivity index (χ3v) is 4.50. The molecule has 8 nitrogen and oxygen atoms in total. The van der Waals surface area contributed by atoms with E-state index in [4.69, 9.17) is 9.47 Å². The first-order valence-electron chi connectivity index (χ1n) is 10.2. The van der Waals surface area contributed by atoms with E-state index in [1.165, 1.54) is 6.21 Å². The SMILES string of the molecule is CCOc1ccccc1NC(=O)C(=O)N/N=C/c1ccccc1OC(=O)c1ccccc1C. The smallest absolute Gasteiger partial charge is 0.343 e. The van der Waals surface area contributed by atoms with Gasteiger partial charge in [0.1, 0.15) is 11.5 Å². The lowest BCUT2D eigenvalue weighted by molar-refractivity contribution is -0.136. The zero-order chi connectivity index (χ0) is 23.6. The quantitative estimate of drug-likeness (QED) is 0.190. The van der Waals surface area contributed by atoms with Crippen molar-refractivity contribution in [1.29, 1.82) is 0 Å². The third-order valence-electron chi connectivity index (χ3n) is 4.50. The molecule has 0 aromatic heterocycles. The van der Waals surface area contributed by atoms with Gasteiger partial charge in [-0.15, -0.1) is 0 Å². The molecule has 0 saturated carbocycles. The Balaban J connectivity index is 1.64. The third kappa shape index (κ3) is 6.27. The van der Waals surface area contributed by atoms with Crippen molar-refractivity contribution >= 4 is 29.7 Å². The number of nitrogens with one attached hydrogen (secondary N) is 2. The average Bonchev–Trinajstić information content (AvgIpc) is 2.81. The van der Waals surface area contributed by atoms with E-state index in [-0.39, 0.29) is 5.75 Å². The molecule has 33 heavy (non-hydrogen) atoms. The summed E-state index contributed by atoms with van der Waals surface area (Å²) >= 11 is 0. The molecule has 0 atom stereocenters. The van der Waals surface area contributed by atoms with Crippen LogP contribution in [0.5, 0.6) is 11.5 Å². The van der Waals surface area contributed by atoms with Crippen molar-refractivity contribution in [2.24, 2.45) is 5.10 Å². The number of amides is 2. The first kappa shape index (κ1) is 23.2. The second-order valence-corrected chi connectivity index (χ2v) is 6.82. The predicted molar refractivity (Wildman–Crippen MR) is 125 cm³/mol. The second-order valence-electron chi connectivity index (χ2n) is 6.82. The van der Waals surface area contributed by atoms with Crippen molar-refractivity contribution in [2.45, 2.75) is 13.8 Å². The van der Waals surface area contributed by atoms with Crippen LogP contribution in [0.3, 0.4) is 0 Å². The molecule has 0 aliphatic heterocycles. The molecule has 0 aliphatic carbocycles. The fraction of sp³-hybridized carbons (Fsp3) is 0.120. The van der Waals surface area contributed by atoms with Crippen LogP contribution in [-0.4, -0.2) is 30.6 Å². The fourth-order valence-corrected chi connectivity index (χ4v) is 2.88. The molecule has 0 spiro atoms. The number of ether oxygens (including phenoxy) is 2. The van der Waals surface area contributed by atoms with Gasteiger partial charge in [-0.25, -0.2) is 10.2 Å². The minimum absolute atomic E-state index is 0.263. The maximum atomic E-state index is 12.5. The monoisotopic (exact) mass is 445 g/mol. The molecule has 0 fully saturated rings. The van der Waals surface area contributed by atoms with E-state index in [0.29, 0.717) is 29.2 Å². The lowest BCUT2D eigenvalue weighted by Crippen LogP contribution is -2.32. The molecule has 0 unspecified atom stereocenters. The second kappa shape index (κ2) is 11.2. The number of aryl methyl sites for hydroxylation is 1. The molecule has 3 aromatic rings. The van der Waals surface area contributed by atoms with Crippen LogP contribution < -0.4 is 20.2 Å². The normalized spacial score (nSPS) is 10.5. The Morgan fingerprint density at radius 2 is 1.55 bits per heavy atom. The fourth-order valence-electron chi connectivity index (χ4n) is 2.88. The summed E-state index contributed by atoms with van der Waals surface area (Å²) in [4.78, 5) is 36.8. The van der Waals surface area contributed by atoms with Gasteiger partial charge in [-0.05, 0) is 49.7 Å². The van der Waals surface area contributed by atoms with Crippen molar-refractivity contribution in [1.82, 2.24) is 5.43 Å². The number of rotatable bonds is 7. The Kier molecular flexibility index (Phi) is 7.91. The molecule has 2 N–H and O–H groups in total. The zero-order valence-corrected chi connectivity index (χ0v) is 18.2. The Labute approximate surface area is 191 Å². The summed E-state index contributed by atoms with van der Waals surface area (Å²) in [5.41, 5.74) is 4.21. The number of para-hydroxylation sites is 3. The zero-order valence-electron chi connectivity index (χ0n) is 18.2. The van der Waals surface area contributed by atoms with Crippen molar-refractivity contribution in [3.8, 4) is 11.5 Å². The van der Waals surface area contributed by atoms with E-state index in [0.717, 1.165) is 5.56 Å². The first-order valence-corrected chi connectivity index (χ1v) is 10.2. The molecule has 0 bridgehead atoms. The Morgan fingerprint density at radius 1 is 0.879 bits per heavy atom. The number of nitrogens with zero attached hydrogens (tertiary/aromatic N) is 1. The van der Waals surface area contributed by atoms with Crippen LogP contribution >= 0.6 is 0 Å². The summed E-state index contributed by atoms with van der Waals surface area (Å²) < 4.78 is 10.9. The van der Waals surface area contributed by atoms with Crippen LogP contribution in [0.25, 0.3) is 0 Å². The Hall–Kier alpha value is -4.46. The number of hydrogen-bond acceptors (Lipinski definition) is 6. The van der Waals surface area contributed by atoms with E-state index in [1.807, 2.05) is 26.0 Å². The molecule has 0 saturated heterocycles. The minimum atomic E-state index is -0.966. The number of carbonyl (C=O) groups is 3. The number of hydrogen-bond donors (Lipinski definition) is 2. The van der Waals surface area contributed by atoms with Gasteiger partial charge < -0.3 is 14.8 Å². The van der Waals surface area contributed by atoms with E-state index < -0.39 is 17.8 Å². The first-order chi connectivity index (χ1) is 16.0. The van der Waals surface area contributed by atoms with E-state index >= 15 is 0 Å². The van der Waals surface area contributed by atoms with Crippen LogP contribution in [-0.2, 0) is 9.59 Å². The molecule has 0 heterocycles. The lowest BCUT2D eigenvalue weighted by atomic mass is 10.1. The van der Waals surface area contributed by atoms with Crippen molar-refractivity contribution in [3.63, 3.8) is 0 Å². The van der Waals surface area contributed by atoms with Gasteiger partial charge in [-0.2, -0.15) is 5.10 Å². The van der Waals surface area contributed by atoms with Crippen LogP contribution in [0.4, 0.5) is 5.69 Å². The number of carbonyl (C=O) groups excluding carboxylic acids is 3. The van der Waals surface area contributed by atoms with E-state index in [2.05, 4.69) is 15.8 Å². The summed E-state index contributed by atoms with van der Waals surface area (Å²) in [6, 6.07) is 20.6. The summed E-state index contributed by atoms with van der Waals surface area (Å²) in [6.45, 7) is 4.05. The molecule has 168 valence electrons. The highest BCUT2D eigenvalue weighted by Gasteiger charge is 2.16. The predicted octanol–water partition coefficient (Wildman–Crippen LogP) is 3.70. The average molecular weight is 445 g/mol. The van der Waals surface area contributed by atoms with Crippen LogP contribution in [0.2, 0.25) is 0 Å². The molecular weight excluding hydrogens is 422 g/mol. The number of esters is 1. The summed E-state index contributed by atoms with van der Waals surface area (Å²) in [7, 11) is 0. The highest BCUT2D eigenvalue weighted by Crippen LogP contribution is 2.23. The van der Waals surface area contributed by atoms with E-state index in [1.54, 1.807) is 60.7 Å². The molecule has 3 aromatic carbocycles. The van der Waals surface area contributed by atoms with Gasteiger partial charge in [-0.3, -0.25) is 9.59 Å². The maximum Gasteiger partial charge on any atom is 0.343 e. The van der Waals surface area contributed by atoms with Gasteiger partial charge in [0.2, 0.25) is 0 Å². The summed E-state index contributed by atoms with van der Waals surface area (Å²) in [6.07, 6.45) is 1.29. The molecule has 0 radical (unpaired) electrons. The number of hydrazone groups is 1. The lowest BCUT2D eigenvalue weighted by Gasteiger charge is -2.10. The van der Waals surface area contributed by atoms with Crippen molar-refractivity contribution in [2.75, 3.05) is 11.9 Å². The topological polar surface area (TPSA) is 106 Å². The highest BCUT2D eigenvalue weighted by atomic mass is 16.5. The Morgan fingerprint density at radius 3 is 2.30 bits per heavy atom. The van der Waals surface area contributed by atoms with Gasteiger partial charge in [0.25, 0.3) is 0 Å². The number of anilines is 1. The minimum Gasteiger partial charge on any atom is -0.492 e. The van der Waals surface area contributed by atoms with Crippen molar-refractivity contribution in [3.05, 3.63) is 89.5 Å². The molecule has 0 aliphatic rings.